The lowest BCUT2D eigenvalue weighted by Gasteiger charge is -2.25. The summed E-state index contributed by atoms with van der Waals surface area (Å²) in [6, 6.07) is 4.66. The van der Waals surface area contributed by atoms with E-state index in [9.17, 15) is 4.79 Å². The molecule has 1 aliphatic heterocycles. The van der Waals surface area contributed by atoms with Crippen LogP contribution in [0.3, 0.4) is 0 Å². The predicted octanol–water partition coefficient (Wildman–Crippen LogP) is 2.64. The number of thiazole rings is 1. The van der Waals surface area contributed by atoms with E-state index in [1.807, 2.05) is 6.92 Å². The largest absolute Gasteiger partial charge is 0.357 e. The van der Waals surface area contributed by atoms with Crippen LogP contribution in [-0.2, 0) is 0 Å². The number of hydrogen-bond donors (Lipinski definition) is 3. The minimum Gasteiger partial charge on any atom is -0.357 e. The van der Waals surface area contributed by atoms with Crippen molar-refractivity contribution in [2.24, 2.45) is 4.99 Å². The highest BCUT2D eigenvalue weighted by atomic mass is 32.1. The second-order valence-electron chi connectivity index (χ2n) is 6.94. The van der Waals surface area contributed by atoms with Gasteiger partial charge >= 0.3 is 0 Å². The van der Waals surface area contributed by atoms with Crippen molar-refractivity contribution in [3.63, 3.8) is 0 Å². The number of hydrogen-bond acceptors (Lipinski definition) is 6. The Balaban J connectivity index is 1.51. The first-order valence-corrected chi connectivity index (χ1v) is 11.9. The molecule has 7 nitrogen and oxygen atoms in total. The maximum absolute atomic E-state index is 12.2. The average molecular weight is 435 g/mol. The zero-order chi connectivity index (χ0) is 20.5. The van der Waals surface area contributed by atoms with Crippen LogP contribution in [-0.4, -0.2) is 61.0 Å². The van der Waals surface area contributed by atoms with E-state index in [4.69, 9.17) is 4.99 Å². The Kier molecular flexibility index (Phi) is 8.45. The van der Waals surface area contributed by atoms with Gasteiger partial charge in [-0.3, -0.25) is 14.7 Å². The van der Waals surface area contributed by atoms with Gasteiger partial charge in [0.15, 0.2) is 5.96 Å². The van der Waals surface area contributed by atoms with Gasteiger partial charge in [0.25, 0.3) is 5.91 Å². The molecule has 3 heterocycles. The van der Waals surface area contributed by atoms with Gasteiger partial charge in [-0.15, -0.1) is 22.7 Å². The van der Waals surface area contributed by atoms with Gasteiger partial charge in [0.1, 0.15) is 4.88 Å². The molecular formula is C20H30N6OS2. The molecule has 1 unspecified atom stereocenters. The zero-order valence-corrected chi connectivity index (χ0v) is 18.7. The lowest BCUT2D eigenvalue weighted by atomic mass is 10.2. The number of aryl methyl sites for hydroxylation is 1. The summed E-state index contributed by atoms with van der Waals surface area (Å²) in [5, 5.41) is 11.7. The molecule has 3 N–H and O–H groups in total. The highest BCUT2D eigenvalue weighted by Gasteiger charge is 2.24. The van der Waals surface area contributed by atoms with Crippen LogP contribution in [0.15, 0.2) is 28.0 Å². The summed E-state index contributed by atoms with van der Waals surface area (Å²) in [4.78, 5) is 25.7. The van der Waals surface area contributed by atoms with Gasteiger partial charge in [-0.25, -0.2) is 4.98 Å². The third-order valence-electron chi connectivity index (χ3n) is 4.87. The highest BCUT2D eigenvalue weighted by molar-refractivity contribution is 7.11. The molecule has 1 fully saturated rings. The summed E-state index contributed by atoms with van der Waals surface area (Å²) in [5.74, 6) is 0.719. The van der Waals surface area contributed by atoms with Gasteiger partial charge in [0, 0.05) is 24.5 Å². The number of rotatable bonds is 9. The Bertz CT molecular complexity index is 783. The number of nitrogens with zero attached hydrogens (tertiary/aromatic N) is 3. The number of aromatic nitrogens is 1. The summed E-state index contributed by atoms with van der Waals surface area (Å²) >= 11 is 3.17. The summed E-state index contributed by atoms with van der Waals surface area (Å²) < 4.78 is 0. The fourth-order valence-corrected chi connectivity index (χ4v) is 4.97. The Morgan fingerprint density at radius 3 is 2.69 bits per heavy atom. The van der Waals surface area contributed by atoms with Crippen LogP contribution in [0.4, 0.5) is 0 Å². The van der Waals surface area contributed by atoms with Gasteiger partial charge in [0.05, 0.1) is 23.8 Å². The van der Waals surface area contributed by atoms with Crippen molar-refractivity contribution in [3.05, 3.63) is 38.5 Å². The SMILES string of the molecule is CCNC(=NCC(c1cccs1)N1CCCC1)NCCNC(=O)c1scnc1C. The van der Waals surface area contributed by atoms with E-state index in [2.05, 4.69) is 50.3 Å². The molecule has 1 amide bonds. The zero-order valence-electron chi connectivity index (χ0n) is 17.1. The minimum atomic E-state index is -0.0690. The van der Waals surface area contributed by atoms with E-state index in [0.29, 0.717) is 24.0 Å². The van der Waals surface area contributed by atoms with Crippen molar-refractivity contribution in [1.82, 2.24) is 25.8 Å². The topological polar surface area (TPSA) is 81.7 Å². The van der Waals surface area contributed by atoms with E-state index >= 15 is 0 Å². The van der Waals surface area contributed by atoms with Crippen molar-refractivity contribution >= 4 is 34.5 Å². The lowest BCUT2D eigenvalue weighted by Crippen LogP contribution is -2.42. The van der Waals surface area contributed by atoms with Gasteiger partial charge in [-0.05, 0) is 51.2 Å². The van der Waals surface area contributed by atoms with Crippen molar-refractivity contribution < 1.29 is 4.79 Å². The molecular weight excluding hydrogens is 404 g/mol. The number of guanidine groups is 1. The first-order valence-electron chi connectivity index (χ1n) is 10.2. The standard InChI is InChI=1S/C20H30N6OS2/c1-3-21-20(23-9-8-22-19(27)18-15(2)25-14-29-18)24-13-16(17-7-6-12-28-17)26-10-4-5-11-26/h6-7,12,14,16H,3-5,8-11,13H2,1-2H3,(H,22,27)(H2,21,23,24). The molecule has 0 aromatic carbocycles. The smallest absolute Gasteiger partial charge is 0.263 e. The summed E-state index contributed by atoms with van der Waals surface area (Å²) in [6.07, 6.45) is 2.53. The van der Waals surface area contributed by atoms with E-state index in [-0.39, 0.29) is 5.91 Å². The molecule has 0 spiro atoms. The molecule has 29 heavy (non-hydrogen) atoms. The van der Waals surface area contributed by atoms with E-state index in [1.165, 1.54) is 29.1 Å². The number of thiophene rings is 1. The maximum atomic E-state index is 12.2. The fourth-order valence-electron chi connectivity index (χ4n) is 3.40. The molecule has 0 aliphatic carbocycles. The first-order chi connectivity index (χ1) is 14.2. The molecule has 158 valence electrons. The maximum Gasteiger partial charge on any atom is 0.263 e. The minimum absolute atomic E-state index is 0.0690. The molecule has 0 radical (unpaired) electrons. The van der Waals surface area contributed by atoms with Crippen molar-refractivity contribution in [2.45, 2.75) is 32.7 Å². The van der Waals surface area contributed by atoms with Gasteiger partial charge < -0.3 is 16.0 Å². The molecule has 1 atom stereocenters. The van der Waals surface area contributed by atoms with E-state index < -0.39 is 0 Å². The average Bonchev–Trinajstić information content (AvgIpc) is 3.48. The Morgan fingerprint density at radius 2 is 2.03 bits per heavy atom. The monoisotopic (exact) mass is 434 g/mol. The van der Waals surface area contributed by atoms with Gasteiger partial charge in [-0.2, -0.15) is 0 Å². The van der Waals surface area contributed by atoms with Crippen LogP contribution in [0.25, 0.3) is 0 Å². The van der Waals surface area contributed by atoms with Crippen molar-refractivity contribution in [3.8, 4) is 0 Å². The summed E-state index contributed by atoms with van der Waals surface area (Å²) in [5.41, 5.74) is 2.47. The Hall–Kier alpha value is -1.97. The number of carbonyl (C=O) groups excluding carboxylic acids is 1. The molecule has 0 saturated carbocycles. The quantitative estimate of drug-likeness (QED) is 0.321. The van der Waals surface area contributed by atoms with Crippen molar-refractivity contribution in [1.29, 1.82) is 0 Å². The number of aliphatic imine (C=N–C) groups is 1. The molecule has 1 saturated heterocycles. The van der Waals surface area contributed by atoms with Crippen LogP contribution in [0.1, 0.15) is 46.0 Å². The lowest BCUT2D eigenvalue weighted by molar-refractivity contribution is 0.0957. The fraction of sp³-hybridized carbons (Fsp3) is 0.550. The second-order valence-corrected chi connectivity index (χ2v) is 8.78. The number of likely N-dealkylation sites (tertiary alicyclic amines) is 1. The van der Waals surface area contributed by atoms with Crippen LogP contribution >= 0.6 is 22.7 Å². The number of carbonyl (C=O) groups is 1. The second kappa shape index (κ2) is 11.3. The van der Waals surface area contributed by atoms with Crippen LogP contribution in [0.2, 0.25) is 0 Å². The molecule has 2 aromatic rings. The number of nitrogens with one attached hydrogen (secondary N) is 3. The van der Waals surface area contributed by atoms with E-state index in [1.54, 1.807) is 16.8 Å². The van der Waals surface area contributed by atoms with Gasteiger partial charge in [0.2, 0.25) is 0 Å². The first kappa shape index (κ1) is 21.7. The Morgan fingerprint density at radius 1 is 1.24 bits per heavy atom. The van der Waals surface area contributed by atoms with Gasteiger partial charge in [-0.1, -0.05) is 6.07 Å². The normalized spacial score (nSPS) is 16.0. The molecule has 3 rings (SSSR count). The summed E-state index contributed by atoms with van der Waals surface area (Å²) in [7, 11) is 0. The van der Waals surface area contributed by atoms with Crippen LogP contribution in [0, 0.1) is 6.92 Å². The molecule has 1 aliphatic rings. The highest BCUT2D eigenvalue weighted by Crippen LogP contribution is 2.28. The molecule has 2 aromatic heterocycles. The molecule has 0 bridgehead atoms. The third kappa shape index (κ3) is 6.25. The van der Waals surface area contributed by atoms with E-state index in [0.717, 1.165) is 37.8 Å². The Labute approximate surface area is 180 Å². The van der Waals surface area contributed by atoms with Crippen molar-refractivity contribution in [2.75, 3.05) is 39.3 Å². The number of amides is 1. The van der Waals surface area contributed by atoms with Crippen LogP contribution < -0.4 is 16.0 Å². The summed E-state index contributed by atoms with van der Waals surface area (Å²) in [6.45, 7) is 8.86. The van der Waals surface area contributed by atoms with Crippen LogP contribution in [0.5, 0.6) is 0 Å². The molecule has 9 heteroatoms. The predicted molar refractivity (Wildman–Crippen MR) is 121 cm³/mol. The third-order valence-corrected chi connectivity index (χ3v) is 6.78.